The summed E-state index contributed by atoms with van der Waals surface area (Å²) >= 11 is 0. The predicted octanol–water partition coefficient (Wildman–Crippen LogP) is 3.95. The maximum absolute atomic E-state index is 3.33. The minimum Gasteiger partial charge on any atom is -0.319 e. The number of nitrogens with one attached hydrogen (secondary N) is 1. The monoisotopic (exact) mass is 233 g/mol. The Bertz CT molecular complexity index is 306. The average Bonchev–Trinajstić information content (AvgIpc) is 2.29. The average molecular weight is 233 g/mol. The molecular weight excluding hydrogens is 206 g/mol. The van der Waals surface area contributed by atoms with Gasteiger partial charge in [-0.25, -0.2) is 0 Å². The number of unbranched alkanes of at least 4 members (excludes halogenated alkanes) is 2. The van der Waals surface area contributed by atoms with Crippen molar-refractivity contribution in [1.82, 2.24) is 5.32 Å². The molecule has 0 aliphatic heterocycles. The van der Waals surface area contributed by atoms with Crippen molar-refractivity contribution in [3.8, 4) is 0 Å². The van der Waals surface area contributed by atoms with Crippen LogP contribution in [0.4, 0.5) is 0 Å². The van der Waals surface area contributed by atoms with Gasteiger partial charge in [0.25, 0.3) is 0 Å². The summed E-state index contributed by atoms with van der Waals surface area (Å²) in [4.78, 5) is 0. The first kappa shape index (κ1) is 14.2. The first-order chi connectivity index (χ1) is 8.26. The second-order valence-corrected chi connectivity index (χ2v) is 5.11. The van der Waals surface area contributed by atoms with Gasteiger partial charge in [-0.3, -0.25) is 0 Å². The fraction of sp³-hybridized carbons (Fsp3) is 0.625. The van der Waals surface area contributed by atoms with E-state index in [2.05, 4.69) is 50.5 Å². The van der Waals surface area contributed by atoms with Crippen molar-refractivity contribution >= 4 is 0 Å². The first-order valence-electron chi connectivity index (χ1n) is 6.96. The lowest BCUT2D eigenvalue weighted by atomic mass is 9.93. The zero-order chi connectivity index (χ0) is 12.5. The number of hydrogen-bond donors (Lipinski definition) is 1. The summed E-state index contributed by atoms with van der Waals surface area (Å²) in [6.07, 6.45) is 6.62. The van der Waals surface area contributed by atoms with Gasteiger partial charge in [0.15, 0.2) is 0 Å². The summed E-state index contributed by atoms with van der Waals surface area (Å²) in [6, 6.07) is 8.93. The van der Waals surface area contributed by atoms with Crippen LogP contribution in [0.2, 0.25) is 0 Å². The van der Waals surface area contributed by atoms with Crippen LogP contribution >= 0.6 is 0 Å². The highest BCUT2D eigenvalue weighted by molar-refractivity contribution is 5.22. The molecule has 1 aromatic carbocycles. The zero-order valence-corrected chi connectivity index (χ0v) is 11.6. The number of hydrogen-bond acceptors (Lipinski definition) is 1. The molecule has 1 rings (SSSR count). The summed E-state index contributed by atoms with van der Waals surface area (Å²) in [6.45, 7) is 5.58. The highest BCUT2D eigenvalue weighted by atomic mass is 14.8. The predicted molar refractivity (Wildman–Crippen MR) is 76.4 cm³/mol. The highest BCUT2D eigenvalue weighted by Gasteiger charge is 2.08. The van der Waals surface area contributed by atoms with E-state index in [1.165, 1.54) is 43.2 Å². The van der Waals surface area contributed by atoms with Crippen molar-refractivity contribution in [3.05, 3.63) is 35.4 Å². The normalized spacial score (nSPS) is 12.6. The molecule has 0 saturated heterocycles. The fourth-order valence-electron chi connectivity index (χ4n) is 2.42. The Balaban J connectivity index is 2.47. The van der Waals surface area contributed by atoms with Crippen molar-refractivity contribution in [2.24, 2.45) is 5.92 Å². The van der Waals surface area contributed by atoms with E-state index in [9.17, 15) is 0 Å². The van der Waals surface area contributed by atoms with Crippen molar-refractivity contribution < 1.29 is 0 Å². The van der Waals surface area contributed by atoms with Gasteiger partial charge in [-0.05, 0) is 44.8 Å². The summed E-state index contributed by atoms with van der Waals surface area (Å²) in [5.41, 5.74) is 2.86. The lowest BCUT2D eigenvalue weighted by Crippen LogP contribution is -2.20. The maximum atomic E-state index is 3.33. The van der Waals surface area contributed by atoms with Crippen molar-refractivity contribution in [3.63, 3.8) is 0 Å². The van der Waals surface area contributed by atoms with Gasteiger partial charge in [-0.2, -0.15) is 0 Å². The number of benzene rings is 1. The molecule has 1 atom stereocenters. The fourth-order valence-corrected chi connectivity index (χ4v) is 2.42. The van der Waals surface area contributed by atoms with Gasteiger partial charge >= 0.3 is 0 Å². The second-order valence-electron chi connectivity index (χ2n) is 5.11. The molecule has 0 fully saturated rings. The van der Waals surface area contributed by atoms with Crippen LogP contribution in [0.5, 0.6) is 0 Å². The Kier molecular flexibility index (Phi) is 6.95. The molecule has 0 radical (unpaired) electrons. The molecule has 96 valence electrons. The highest BCUT2D eigenvalue weighted by Crippen LogP contribution is 2.16. The van der Waals surface area contributed by atoms with Crippen LogP contribution in [0.25, 0.3) is 0 Å². The molecule has 1 unspecified atom stereocenters. The molecule has 0 amide bonds. The third-order valence-corrected chi connectivity index (χ3v) is 3.32. The van der Waals surface area contributed by atoms with Gasteiger partial charge in [0.2, 0.25) is 0 Å². The maximum Gasteiger partial charge on any atom is -0.00203 e. The summed E-state index contributed by atoms with van der Waals surface area (Å²) in [7, 11) is 2.06. The van der Waals surface area contributed by atoms with Gasteiger partial charge in [-0.15, -0.1) is 0 Å². The molecule has 1 N–H and O–H groups in total. The zero-order valence-electron chi connectivity index (χ0n) is 11.6. The Morgan fingerprint density at radius 3 is 2.71 bits per heavy atom. The minimum absolute atomic E-state index is 0.786. The van der Waals surface area contributed by atoms with E-state index in [1.807, 2.05) is 0 Å². The van der Waals surface area contributed by atoms with Crippen molar-refractivity contribution in [2.75, 3.05) is 13.6 Å². The van der Waals surface area contributed by atoms with Crippen LogP contribution in [-0.4, -0.2) is 13.6 Å². The molecule has 1 aromatic rings. The Morgan fingerprint density at radius 2 is 2.06 bits per heavy atom. The van der Waals surface area contributed by atoms with E-state index in [1.54, 1.807) is 0 Å². The van der Waals surface area contributed by atoms with Crippen LogP contribution in [0.3, 0.4) is 0 Å². The SMILES string of the molecule is CCCCCC(CNC)Cc1cccc(C)c1. The largest absolute Gasteiger partial charge is 0.319 e. The molecule has 17 heavy (non-hydrogen) atoms. The van der Waals surface area contributed by atoms with Gasteiger partial charge in [0.05, 0.1) is 0 Å². The van der Waals surface area contributed by atoms with Crippen LogP contribution in [0, 0.1) is 12.8 Å². The Labute approximate surface area is 107 Å². The quantitative estimate of drug-likeness (QED) is 0.670. The van der Waals surface area contributed by atoms with E-state index in [0.717, 1.165) is 12.5 Å². The molecule has 0 aliphatic rings. The van der Waals surface area contributed by atoms with Gasteiger partial charge < -0.3 is 5.32 Å². The van der Waals surface area contributed by atoms with Crippen LogP contribution in [0.1, 0.15) is 43.7 Å². The van der Waals surface area contributed by atoms with E-state index < -0.39 is 0 Å². The topological polar surface area (TPSA) is 12.0 Å². The van der Waals surface area contributed by atoms with Gasteiger partial charge in [0.1, 0.15) is 0 Å². The van der Waals surface area contributed by atoms with E-state index in [-0.39, 0.29) is 0 Å². The summed E-state index contributed by atoms with van der Waals surface area (Å²) in [5, 5.41) is 3.33. The molecule has 0 spiro atoms. The molecule has 0 aromatic heterocycles. The van der Waals surface area contributed by atoms with Crippen LogP contribution in [0.15, 0.2) is 24.3 Å². The molecular formula is C16H27N. The number of rotatable bonds is 8. The molecule has 0 bridgehead atoms. The van der Waals surface area contributed by atoms with E-state index in [0.29, 0.717) is 0 Å². The molecule has 0 saturated carbocycles. The third kappa shape index (κ3) is 5.88. The third-order valence-electron chi connectivity index (χ3n) is 3.32. The van der Waals surface area contributed by atoms with Crippen LogP contribution in [-0.2, 0) is 6.42 Å². The van der Waals surface area contributed by atoms with E-state index >= 15 is 0 Å². The first-order valence-corrected chi connectivity index (χ1v) is 6.96. The van der Waals surface area contributed by atoms with Crippen molar-refractivity contribution in [1.29, 1.82) is 0 Å². The Morgan fingerprint density at radius 1 is 1.24 bits per heavy atom. The lowest BCUT2D eigenvalue weighted by Gasteiger charge is -2.16. The van der Waals surface area contributed by atoms with Gasteiger partial charge in [-0.1, -0.05) is 56.0 Å². The van der Waals surface area contributed by atoms with Gasteiger partial charge in [0, 0.05) is 0 Å². The molecule has 1 nitrogen and oxygen atoms in total. The second kappa shape index (κ2) is 8.30. The molecule has 0 heterocycles. The summed E-state index contributed by atoms with van der Waals surface area (Å²) < 4.78 is 0. The molecule has 0 aliphatic carbocycles. The smallest absolute Gasteiger partial charge is 0.00203 e. The summed E-state index contributed by atoms with van der Waals surface area (Å²) in [5.74, 6) is 0.786. The Hall–Kier alpha value is -0.820. The lowest BCUT2D eigenvalue weighted by molar-refractivity contribution is 0.438. The minimum atomic E-state index is 0.786. The molecule has 1 heteroatoms. The van der Waals surface area contributed by atoms with Crippen LogP contribution < -0.4 is 5.32 Å². The van der Waals surface area contributed by atoms with E-state index in [4.69, 9.17) is 0 Å². The van der Waals surface area contributed by atoms with Crippen molar-refractivity contribution in [2.45, 2.75) is 46.0 Å². The standard InChI is InChI=1S/C16H27N/c1-4-5-6-9-16(13-17-3)12-15-10-7-8-14(2)11-15/h7-8,10-11,16-17H,4-6,9,12-13H2,1-3H3. The number of aryl methyl sites for hydroxylation is 1.